The lowest BCUT2D eigenvalue weighted by molar-refractivity contribution is 0.157. The second kappa shape index (κ2) is 8.19. The van der Waals surface area contributed by atoms with Crippen LogP contribution in [0.15, 0.2) is 42.5 Å². The molecule has 3 aromatic rings. The molecular weight excluding hydrogens is 379 g/mol. The van der Waals surface area contributed by atoms with E-state index in [4.69, 9.17) is 14.7 Å². The zero-order valence-corrected chi connectivity index (χ0v) is 17.4. The molecule has 1 aromatic heterocycles. The van der Waals surface area contributed by atoms with Crippen LogP contribution in [0.1, 0.15) is 30.5 Å². The Kier molecular flexibility index (Phi) is 5.25. The monoisotopic (exact) mass is 406 g/mol. The molecule has 1 atom stereocenters. The van der Waals surface area contributed by atoms with Gasteiger partial charge in [0.05, 0.1) is 11.2 Å². The third-order valence-corrected chi connectivity index (χ3v) is 6.32. The van der Waals surface area contributed by atoms with Crippen molar-refractivity contribution in [3.8, 4) is 5.75 Å². The van der Waals surface area contributed by atoms with Crippen LogP contribution in [-0.4, -0.2) is 47.2 Å². The summed E-state index contributed by atoms with van der Waals surface area (Å²) in [6.45, 7) is 6.44. The number of halogens is 1. The number of benzene rings is 2. The van der Waals surface area contributed by atoms with E-state index in [2.05, 4.69) is 28.0 Å². The summed E-state index contributed by atoms with van der Waals surface area (Å²) in [5.41, 5.74) is 2.91. The fourth-order valence-electron chi connectivity index (χ4n) is 4.68. The molecule has 0 N–H and O–H groups in total. The minimum Gasteiger partial charge on any atom is -0.492 e. The minimum atomic E-state index is -0.248. The Morgan fingerprint density at radius 1 is 1.03 bits per heavy atom. The fraction of sp³-hybridized carbons (Fsp3) is 0.417. The molecule has 5 rings (SSSR count). The lowest BCUT2D eigenvalue weighted by Gasteiger charge is -2.29. The van der Waals surface area contributed by atoms with Crippen molar-refractivity contribution in [3.63, 3.8) is 0 Å². The molecule has 1 saturated heterocycles. The van der Waals surface area contributed by atoms with E-state index in [-0.39, 0.29) is 5.82 Å². The van der Waals surface area contributed by atoms with Crippen LogP contribution in [-0.2, 0) is 6.54 Å². The van der Waals surface area contributed by atoms with Gasteiger partial charge in [0, 0.05) is 43.2 Å². The Hall–Kier alpha value is -2.73. The topological polar surface area (TPSA) is 41.5 Å². The van der Waals surface area contributed by atoms with Crippen molar-refractivity contribution >= 4 is 16.9 Å². The van der Waals surface area contributed by atoms with E-state index in [0.29, 0.717) is 6.04 Å². The van der Waals surface area contributed by atoms with Gasteiger partial charge in [-0.3, -0.25) is 4.90 Å². The van der Waals surface area contributed by atoms with Gasteiger partial charge in [-0.05, 0) is 50.5 Å². The number of anilines is 1. The van der Waals surface area contributed by atoms with Crippen LogP contribution in [0.2, 0.25) is 0 Å². The van der Waals surface area contributed by atoms with Gasteiger partial charge in [-0.15, -0.1) is 0 Å². The molecule has 2 aromatic carbocycles. The molecular formula is C24H27FN4O. The fourth-order valence-corrected chi connectivity index (χ4v) is 4.68. The summed E-state index contributed by atoms with van der Waals surface area (Å²) in [5, 5.41) is 0.787. The Bertz CT molecular complexity index is 1060. The van der Waals surface area contributed by atoms with Crippen LogP contribution in [0.4, 0.5) is 10.3 Å². The van der Waals surface area contributed by atoms with Crippen molar-refractivity contribution in [3.05, 3.63) is 59.5 Å². The molecule has 5 nitrogen and oxygen atoms in total. The normalized spacial score (nSPS) is 20.3. The quantitative estimate of drug-likeness (QED) is 0.634. The first kappa shape index (κ1) is 19.2. The summed E-state index contributed by atoms with van der Waals surface area (Å²) in [4.78, 5) is 14.3. The summed E-state index contributed by atoms with van der Waals surface area (Å²) in [6.07, 6.45) is 3.34. The van der Waals surface area contributed by atoms with E-state index >= 15 is 0 Å². The molecule has 0 saturated carbocycles. The maximum Gasteiger partial charge on any atom is 0.226 e. The smallest absolute Gasteiger partial charge is 0.226 e. The van der Waals surface area contributed by atoms with Crippen LogP contribution in [0, 0.1) is 12.7 Å². The summed E-state index contributed by atoms with van der Waals surface area (Å²) in [5.74, 6) is 1.53. The van der Waals surface area contributed by atoms with Crippen molar-refractivity contribution < 1.29 is 9.13 Å². The van der Waals surface area contributed by atoms with Crippen molar-refractivity contribution in [1.29, 1.82) is 0 Å². The Balaban J connectivity index is 1.32. The van der Waals surface area contributed by atoms with E-state index < -0.39 is 0 Å². The number of rotatable bonds is 2. The molecule has 0 aliphatic carbocycles. The van der Waals surface area contributed by atoms with Crippen LogP contribution in [0.3, 0.4) is 0 Å². The van der Waals surface area contributed by atoms with Gasteiger partial charge >= 0.3 is 0 Å². The van der Waals surface area contributed by atoms with Crippen LogP contribution < -0.4 is 9.64 Å². The Morgan fingerprint density at radius 3 is 2.87 bits per heavy atom. The van der Waals surface area contributed by atoms with Gasteiger partial charge in [0.2, 0.25) is 5.95 Å². The highest BCUT2D eigenvalue weighted by molar-refractivity contribution is 5.81. The molecule has 1 unspecified atom stereocenters. The number of hydrogen-bond acceptors (Lipinski definition) is 5. The van der Waals surface area contributed by atoms with Gasteiger partial charge in [-0.1, -0.05) is 18.2 Å². The number of aromatic nitrogens is 2. The summed E-state index contributed by atoms with van der Waals surface area (Å²) < 4.78 is 19.5. The van der Waals surface area contributed by atoms with Crippen molar-refractivity contribution in [1.82, 2.24) is 14.9 Å². The summed E-state index contributed by atoms with van der Waals surface area (Å²) in [6, 6.07) is 13.6. The maximum absolute atomic E-state index is 13.6. The predicted octanol–water partition coefficient (Wildman–Crippen LogP) is 4.33. The molecule has 0 amide bonds. The second-order valence-electron chi connectivity index (χ2n) is 8.27. The number of nitrogens with zero attached hydrogens (tertiary/aromatic N) is 4. The van der Waals surface area contributed by atoms with Gasteiger partial charge in [0.25, 0.3) is 0 Å². The SMILES string of the molecule is Cc1nc(N2CCCC(N3CCOc4ccccc4C3)CC2)nc2ccc(F)cc12. The van der Waals surface area contributed by atoms with Crippen LogP contribution in [0.25, 0.3) is 10.9 Å². The molecule has 0 spiro atoms. The van der Waals surface area contributed by atoms with Crippen LogP contribution in [0.5, 0.6) is 5.75 Å². The number of hydrogen-bond donors (Lipinski definition) is 0. The third-order valence-electron chi connectivity index (χ3n) is 6.32. The third kappa shape index (κ3) is 3.84. The first-order valence-electron chi connectivity index (χ1n) is 10.8. The van der Waals surface area contributed by atoms with E-state index in [1.807, 2.05) is 13.0 Å². The maximum atomic E-state index is 13.6. The van der Waals surface area contributed by atoms with Gasteiger partial charge < -0.3 is 9.64 Å². The summed E-state index contributed by atoms with van der Waals surface area (Å²) >= 11 is 0. The molecule has 3 heterocycles. The number of ether oxygens (including phenoxy) is 1. The minimum absolute atomic E-state index is 0.248. The van der Waals surface area contributed by atoms with Gasteiger partial charge in [-0.2, -0.15) is 0 Å². The highest BCUT2D eigenvalue weighted by Crippen LogP contribution is 2.28. The molecule has 0 bridgehead atoms. The summed E-state index contributed by atoms with van der Waals surface area (Å²) in [7, 11) is 0. The lowest BCUT2D eigenvalue weighted by atomic mass is 10.1. The molecule has 156 valence electrons. The highest BCUT2D eigenvalue weighted by atomic mass is 19.1. The first-order chi connectivity index (χ1) is 14.7. The lowest BCUT2D eigenvalue weighted by Crippen LogP contribution is -2.37. The van der Waals surface area contributed by atoms with Crippen molar-refractivity contribution in [2.75, 3.05) is 31.1 Å². The largest absolute Gasteiger partial charge is 0.492 e. The van der Waals surface area contributed by atoms with Gasteiger partial charge in [0.1, 0.15) is 18.2 Å². The predicted molar refractivity (Wildman–Crippen MR) is 116 cm³/mol. The molecule has 30 heavy (non-hydrogen) atoms. The van der Waals surface area contributed by atoms with Crippen LogP contribution >= 0.6 is 0 Å². The van der Waals surface area contributed by atoms with E-state index in [1.165, 1.54) is 17.7 Å². The molecule has 2 aliphatic heterocycles. The average Bonchev–Trinajstić information content (AvgIpc) is 3.12. The zero-order chi connectivity index (χ0) is 20.5. The number of fused-ring (bicyclic) bond motifs is 2. The second-order valence-corrected chi connectivity index (χ2v) is 8.27. The van der Waals surface area contributed by atoms with E-state index in [9.17, 15) is 4.39 Å². The Labute approximate surface area is 176 Å². The van der Waals surface area contributed by atoms with Crippen molar-refractivity contribution in [2.45, 2.75) is 38.8 Å². The molecule has 1 fully saturated rings. The van der Waals surface area contributed by atoms with E-state index in [1.54, 1.807) is 6.07 Å². The Morgan fingerprint density at radius 2 is 1.93 bits per heavy atom. The first-order valence-corrected chi connectivity index (χ1v) is 10.8. The van der Waals surface area contributed by atoms with Gasteiger partial charge in [-0.25, -0.2) is 14.4 Å². The zero-order valence-electron chi connectivity index (χ0n) is 17.4. The molecule has 2 aliphatic rings. The highest BCUT2D eigenvalue weighted by Gasteiger charge is 2.26. The molecule has 0 radical (unpaired) electrons. The van der Waals surface area contributed by atoms with E-state index in [0.717, 1.165) is 80.3 Å². The standard InChI is InChI=1S/C24H27FN4O/c1-17-21-15-19(25)8-9-22(21)27-24(26-17)28-11-4-6-20(10-12-28)29-13-14-30-23-7-3-2-5-18(23)16-29/h2-3,5,7-9,15,20H,4,6,10-14,16H2,1H3. The molecule has 6 heteroatoms. The number of aryl methyl sites for hydroxylation is 1. The van der Waals surface area contributed by atoms with Gasteiger partial charge in [0.15, 0.2) is 0 Å². The number of para-hydroxylation sites is 1. The average molecular weight is 407 g/mol. The van der Waals surface area contributed by atoms with Crippen molar-refractivity contribution in [2.24, 2.45) is 0 Å².